The van der Waals surface area contributed by atoms with Gasteiger partial charge in [0.05, 0.1) is 0 Å². The first-order chi connectivity index (χ1) is 5.93. The lowest BCUT2D eigenvalue weighted by Gasteiger charge is -1.94. The van der Waals surface area contributed by atoms with Gasteiger partial charge in [0.25, 0.3) is 0 Å². The van der Waals surface area contributed by atoms with Crippen LogP contribution in [0.2, 0.25) is 0 Å². The molecule has 0 unspecified atom stereocenters. The fourth-order valence-electron chi connectivity index (χ4n) is 1.06. The fraction of sp³-hybridized carbons (Fsp3) is 0.364. The van der Waals surface area contributed by atoms with Gasteiger partial charge in [0.1, 0.15) is 0 Å². The maximum absolute atomic E-state index is 4.24. The van der Waals surface area contributed by atoms with Gasteiger partial charge in [-0.15, -0.1) is 0 Å². The molecule has 64 valence electrons. The van der Waals surface area contributed by atoms with E-state index in [-0.39, 0.29) is 0 Å². The highest BCUT2D eigenvalue weighted by Crippen LogP contribution is 1.99. The van der Waals surface area contributed by atoms with Gasteiger partial charge in [0.15, 0.2) is 0 Å². The molecule has 0 N–H and O–H groups in total. The number of nitrogens with zero attached hydrogens (tertiary/aromatic N) is 1. The minimum absolute atomic E-state index is 1.05. The Balaban J connectivity index is 2.29. The second kappa shape index (κ2) is 5.53. The standard InChI is InChI=1S/C11H15N/c1-2-3-4-5-8-11-9-6-7-10-12-11/h3-4,6-7,9-10H,2,5,8H2,1H3. The smallest absolute Gasteiger partial charge is 0.0406 e. The Hall–Kier alpha value is -1.11. The molecule has 0 aliphatic rings. The van der Waals surface area contributed by atoms with Crippen molar-refractivity contribution in [1.82, 2.24) is 4.98 Å². The van der Waals surface area contributed by atoms with Crippen LogP contribution in [0.25, 0.3) is 0 Å². The van der Waals surface area contributed by atoms with E-state index in [0.717, 1.165) is 19.3 Å². The van der Waals surface area contributed by atoms with Gasteiger partial charge in [-0.25, -0.2) is 0 Å². The third kappa shape index (κ3) is 3.33. The van der Waals surface area contributed by atoms with Crippen LogP contribution in [0, 0.1) is 0 Å². The quantitative estimate of drug-likeness (QED) is 0.619. The van der Waals surface area contributed by atoms with E-state index >= 15 is 0 Å². The molecule has 0 radical (unpaired) electrons. The summed E-state index contributed by atoms with van der Waals surface area (Å²) in [4.78, 5) is 4.24. The highest BCUT2D eigenvalue weighted by Gasteiger charge is 1.88. The summed E-state index contributed by atoms with van der Waals surface area (Å²) in [5, 5.41) is 0. The molecule has 0 bridgehead atoms. The van der Waals surface area contributed by atoms with Crippen LogP contribution in [0.1, 0.15) is 25.5 Å². The molecule has 1 heteroatoms. The number of aromatic nitrogens is 1. The Labute approximate surface area is 74.2 Å². The molecule has 0 spiro atoms. The molecule has 0 fully saturated rings. The topological polar surface area (TPSA) is 12.9 Å². The first-order valence-electron chi connectivity index (χ1n) is 4.48. The molecule has 1 aromatic rings. The highest BCUT2D eigenvalue weighted by molar-refractivity contribution is 5.04. The van der Waals surface area contributed by atoms with E-state index in [4.69, 9.17) is 0 Å². The highest BCUT2D eigenvalue weighted by atomic mass is 14.7. The van der Waals surface area contributed by atoms with Crippen molar-refractivity contribution in [2.24, 2.45) is 0 Å². The zero-order valence-electron chi connectivity index (χ0n) is 7.53. The first kappa shape index (κ1) is 8.98. The van der Waals surface area contributed by atoms with Crippen molar-refractivity contribution in [2.45, 2.75) is 26.2 Å². The number of allylic oxidation sites excluding steroid dienone is 2. The van der Waals surface area contributed by atoms with E-state index in [2.05, 4.69) is 30.1 Å². The van der Waals surface area contributed by atoms with Crippen molar-refractivity contribution < 1.29 is 0 Å². The summed E-state index contributed by atoms with van der Waals surface area (Å²) >= 11 is 0. The van der Waals surface area contributed by atoms with E-state index in [9.17, 15) is 0 Å². The molecule has 0 amide bonds. The van der Waals surface area contributed by atoms with Crippen LogP contribution >= 0.6 is 0 Å². The normalized spacial score (nSPS) is 10.8. The van der Waals surface area contributed by atoms with Gasteiger partial charge in [0, 0.05) is 11.9 Å². The molecule has 1 nitrogen and oxygen atoms in total. The SMILES string of the molecule is CCC=CCCc1ccccn1. The summed E-state index contributed by atoms with van der Waals surface area (Å²) in [6, 6.07) is 6.05. The van der Waals surface area contributed by atoms with Crippen molar-refractivity contribution in [2.75, 3.05) is 0 Å². The van der Waals surface area contributed by atoms with E-state index in [0.29, 0.717) is 0 Å². The molecule has 0 aliphatic heterocycles. The van der Waals surface area contributed by atoms with E-state index < -0.39 is 0 Å². The van der Waals surface area contributed by atoms with Gasteiger partial charge in [0.2, 0.25) is 0 Å². The molecule has 0 saturated carbocycles. The van der Waals surface area contributed by atoms with Crippen molar-refractivity contribution in [1.29, 1.82) is 0 Å². The third-order valence-electron chi connectivity index (χ3n) is 1.70. The van der Waals surface area contributed by atoms with Crippen LogP contribution in [0.3, 0.4) is 0 Å². The van der Waals surface area contributed by atoms with Crippen molar-refractivity contribution in [3.63, 3.8) is 0 Å². The molecule has 0 saturated heterocycles. The van der Waals surface area contributed by atoms with Crippen LogP contribution < -0.4 is 0 Å². The van der Waals surface area contributed by atoms with Gasteiger partial charge in [-0.05, 0) is 31.4 Å². The number of hydrogen-bond acceptors (Lipinski definition) is 1. The zero-order chi connectivity index (χ0) is 8.65. The molecule has 1 rings (SSSR count). The average Bonchev–Trinajstić information content (AvgIpc) is 2.14. The lowest BCUT2D eigenvalue weighted by atomic mass is 10.2. The summed E-state index contributed by atoms with van der Waals surface area (Å²) in [6.45, 7) is 2.15. The Kier molecular flexibility index (Phi) is 4.14. The van der Waals surface area contributed by atoms with Gasteiger partial charge < -0.3 is 0 Å². The molecule has 0 aliphatic carbocycles. The summed E-state index contributed by atoms with van der Waals surface area (Å²) in [5.41, 5.74) is 1.18. The minimum Gasteiger partial charge on any atom is -0.261 e. The Morgan fingerprint density at radius 1 is 1.33 bits per heavy atom. The van der Waals surface area contributed by atoms with Crippen LogP contribution in [0.5, 0.6) is 0 Å². The predicted octanol–water partition coefficient (Wildman–Crippen LogP) is 2.98. The summed E-state index contributed by atoms with van der Waals surface area (Å²) in [5.74, 6) is 0. The summed E-state index contributed by atoms with van der Waals surface area (Å²) in [7, 11) is 0. The molecule has 0 atom stereocenters. The number of aryl methyl sites for hydroxylation is 1. The minimum atomic E-state index is 1.05. The molecule has 1 aromatic heterocycles. The van der Waals surface area contributed by atoms with Crippen molar-refractivity contribution >= 4 is 0 Å². The van der Waals surface area contributed by atoms with Gasteiger partial charge in [-0.3, -0.25) is 4.98 Å². The molecule has 12 heavy (non-hydrogen) atoms. The van der Waals surface area contributed by atoms with Gasteiger partial charge in [-0.2, -0.15) is 0 Å². The number of hydrogen-bond donors (Lipinski definition) is 0. The maximum atomic E-state index is 4.24. The number of rotatable bonds is 4. The Bertz CT molecular complexity index is 226. The lowest BCUT2D eigenvalue weighted by Crippen LogP contribution is -1.86. The molecular formula is C11H15N. The largest absolute Gasteiger partial charge is 0.261 e. The monoisotopic (exact) mass is 161 g/mol. The first-order valence-corrected chi connectivity index (χ1v) is 4.48. The average molecular weight is 161 g/mol. The molecule has 1 heterocycles. The van der Waals surface area contributed by atoms with E-state index in [1.165, 1.54) is 5.69 Å². The van der Waals surface area contributed by atoms with Crippen molar-refractivity contribution in [3.05, 3.63) is 42.2 Å². The van der Waals surface area contributed by atoms with Crippen LogP contribution in [0.15, 0.2) is 36.5 Å². The molecule has 0 aromatic carbocycles. The second-order valence-corrected chi connectivity index (χ2v) is 2.74. The molecular weight excluding hydrogens is 146 g/mol. The third-order valence-corrected chi connectivity index (χ3v) is 1.70. The zero-order valence-corrected chi connectivity index (χ0v) is 7.53. The summed E-state index contributed by atoms with van der Waals surface area (Å²) < 4.78 is 0. The maximum Gasteiger partial charge on any atom is 0.0406 e. The number of pyridine rings is 1. The van der Waals surface area contributed by atoms with Crippen LogP contribution in [-0.4, -0.2) is 4.98 Å². The van der Waals surface area contributed by atoms with E-state index in [1.54, 1.807) is 0 Å². The fourth-order valence-corrected chi connectivity index (χ4v) is 1.06. The van der Waals surface area contributed by atoms with Crippen molar-refractivity contribution in [3.8, 4) is 0 Å². The Morgan fingerprint density at radius 2 is 2.25 bits per heavy atom. The van der Waals surface area contributed by atoms with E-state index in [1.807, 2.05) is 18.3 Å². The Morgan fingerprint density at radius 3 is 2.92 bits per heavy atom. The lowest BCUT2D eigenvalue weighted by molar-refractivity contribution is 0.938. The summed E-state index contributed by atoms with van der Waals surface area (Å²) in [6.07, 6.45) is 9.54. The second-order valence-electron chi connectivity index (χ2n) is 2.74. The van der Waals surface area contributed by atoms with Crippen LogP contribution in [0.4, 0.5) is 0 Å². The van der Waals surface area contributed by atoms with Gasteiger partial charge in [-0.1, -0.05) is 25.1 Å². The predicted molar refractivity (Wildman–Crippen MR) is 52.0 cm³/mol. The van der Waals surface area contributed by atoms with Crippen LogP contribution in [-0.2, 0) is 6.42 Å². The van der Waals surface area contributed by atoms with Gasteiger partial charge >= 0.3 is 0 Å².